The highest BCUT2D eigenvalue weighted by atomic mass is 31.0. The maximum atomic E-state index is 14.0. The number of Topliss-reactive ketones (excluding diaryl/α,β-unsaturated/α-hetero) is 1. The van der Waals surface area contributed by atoms with Crippen molar-refractivity contribution in [3.8, 4) is 0 Å². The summed E-state index contributed by atoms with van der Waals surface area (Å²) in [5.74, 6) is 0.641. The van der Waals surface area contributed by atoms with Crippen molar-refractivity contribution in [1.29, 1.82) is 0 Å². The van der Waals surface area contributed by atoms with Gasteiger partial charge in [0.15, 0.2) is 5.78 Å². The van der Waals surface area contributed by atoms with E-state index in [1.807, 2.05) is 24.3 Å². The number of fused-ring (bicyclic) bond motifs is 3. The van der Waals surface area contributed by atoms with Crippen LogP contribution >= 0.6 is 9.24 Å². The van der Waals surface area contributed by atoms with Crippen molar-refractivity contribution in [2.24, 2.45) is 5.92 Å². The van der Waals surface area contributed by atoms with Gasteiger partial charge in [0.25, 0.3) is 0 Å². The summed E-state index contributed by atoms with van der Waals surface area (Å²) in [4.78, 5) is 32.3. The normalized spacial score (nSPS) is 21.0. The van der Waals surface area contributed by atoms with E-state index < -0.39 is 0 Å². The Kier molecular flexibility index (Phi) is 15.1. The molecule has 3 aliphatic heterocycles. The van der Waals surface area contributed by atoms with Gasteiger partial charge in [-0.2, -0.15) is 0 Å². The Balaban J connectivity index is 1.27. The summed E-state index contributed by atoms with van der Waals surface area (Å²) in [5, 5.41) is 1.09. The summed E-state index contributed by atoms with van der Waals surface area (Å²) in [7, 11) is 4.91. The Hall–Kier alpha value is -2.43. The molecule has 0 aliphatic carbocycles. The molecule has 0 N–H and O–H groups in total. The average molecular weight is 705 g/mol. The zero-order valence-corrected chi connectivity index (χ0v) is 32.8. The van der Waals surface area contributed by atoms with E-state index in [1.165, 1.54) is 81.1 Å². The van der Waals surface area contributed by atoms with Crippen LogP contribution in [0.15, 0.2) is 42.5 Å². The fraction of sp³-hybridized carbons (Fsp3) is 0.674. The van der Waals surface area contributed by atoms with Crippen molar-refractivity contribution >= 4 is 37.7 Å². The number of para-hydroxylation sites is 1. The van der Waals surface area contributed by atoms with Gasteiger partial charge in [0.1, 0.15) is 0 Å². The number of piperidine rings is 1. The molecule has 4 atom stereocenters. The Morgan fingerprint density at radius 1 is 0.860 bits per heavy atom. The molecule has 3 aliphatic rings. The van der Waals surface area contributed by atoms with E-state index >= 15 is 0 Å². The van der Waals surface area contributed by atoms with Crippen LogP contribution in [0.3, 0.4) is 0 Å². The lowest BCUT2D eigenvalue weighted by Gasteiger charge is -2.47. The summed E-state index contributed by atoms with van der Waals surface area (Å²) in [6.45, 7) is 9.88. The number of rotatable bonds is 22. The largest absolute Gasteiger partial charge is 0.415 e. The van der Waals surface area contributed by atoms with Crippen LogP contribution in [-0.2, 0) is 9.53 Å². The molecule has 2 aromatic carbocycles. The van der Waals surface area contributed by atoms with E-state index in [1.54, 1.807) is 0 Å². The van der Waals surface area contributed by atoms with Crippen LogP contribution in [0.1, 0.15) is 145 Å². The third-order valence-corrected chi connectivity index (χ3v) is 12.4. The molecular weight excluding hydrogens is 637 g/mol. The first-order valence-electron chi connectivity index (χ1n) is 20.4. The molecule has 0 amide bonds. The van der Waals surface area contributed by atoms with Crippen LogP contribution in [0.2, 0.25) is 0 Å². The van der Waals surface area contributed by atoms with Gasteiger partial charge in [-0.25, -0.2) is 0 Å². The lowest BCUT2D eigenvalue weighted by molar-refractivity contribution is -0.949. The number of likely N-dealkylation sites (N-methyl/N-ethyl adjacent to an activating group) is 1. The zero-order chi connectivity index (χ0) is 35.3. The lowest BCUT2D eigenvalue weighted by Crippen LogP contribution is -2.60. The van der Waals surface area contributed by atoms with E-state index in [9.17, 15) is 9.59 Å². The number of unbranched alkanes of at least 4 members (excludes halogenated alkanes) is 10. The fourth-order valence-corrected chi connectivity index (χ4v) is 9.21. The molecule has 2 aromatic rings. The second kappa shape index (κ2) is 19.4. The van der Waals surface area contributed by atoms with Gasteiger partial charge in [0, 0.05) is 51.0 Å². The number of likely N-dealkylation sites (tertiary alicyclic amines) is 1. The summed E-state index contributed by atoms with van der Waals surface area (Å²) in [6.07, 6.45) is 19.2. The minimum atomic E-state index is 0.00104. The molecule has 2 unspecified atom stereocenters. The topological polar surface area (TPSA) is 49.9 Å². The molecule has 50 heavy (non-hydrogen) atoms. The van der Waals surface area contributed by atoms with Gasteiger partial charge in [-0.05, 0) is 29.8 Å². The summed E-state index contributed by atoms with van der Waals surface area (Å²) in [6, 6.07) is 15.2. The summed E-state index contributed by atoms with van der Waals surface area (Å²) < 4.78 is 7.22. The predicted molar refractivity (Wildman–Crippen MR) is 213 cm³/mol. The summed E-state index contributed by atoms with van der Waals surface area (Å²) >= 11 is 0. The molecule has 5 rings (SSSR count). The minimum Gasteiger partial charge on any atom is -0.415 e. The number of nitrogens with zero attached hydrogens (tertiary/aromatic N) is 3. The SMILES string of the molecule is CCCCCCCCC(CCCCCCCC)C(=O)OC[N+]1(CCCC(=O)c2ccc(P)cc2)CC[C@H]2[C@@H](C1)c1cccc3c1N2CCN3C. The van der Waals surface area contributed by atoms with Crippen molar-refractivity contribution in [2.45, 2.75) is 135 Å². The lowest BCUT2D eigenvalue weighted by atomic mass is 9.87. The van der Waals surface area contributed by atoms with E-state index in [4.69, 9.17) is 4.74 Å². The van der Waals surface area contributed by atoms with Crippen LogP contribution < -0.4 is 15.1 Å². The molecule has 3 heterocycles. The second-order valence-electron chi connectivity index (χ2n) is 15.8. The number of hydrogen-bond acceptors (Lipinski definition) is 5. The molecule has 0 bridgehead atoms. The summed E-state index contributed by atoms with van der Waals surface area (Å²) in [5.41, 5.74) is 5.03. The first-order valence-corrected chi connectivity index (χ1v) is 20.9. The first-order chi connectivity index (χ1) is 24.4. The Morgan fingerprint density at radius 3 is 2.20 bits per heavy atom. The number of ether oxygens (including phenoxy) is 1. The number of anilines is 2. The third-order valence-electron chi connectivity index (χ3n) is 12.1. The second-order valence-corrected chi connectivity index (χ2v) is 16.5. The molecule has 0 saturated carbocycles. The third kappa shape index (κ3) is 10.1. The van der Waals surface area contributed by atoms with Crippen molar-refractivity contribution in [3.63, 3.8) is 0 Å². The first kappa shape index (κ1) is 38.8. The van der Waals surface area contributed by atoms with Crippen LogP contribution in [-0.4, -0.2) is 68.8 Å². The van der Waals surface area contributed by atoms with Gasteiger partial charge in [-0.15, -0.1) is 9.24 Å². The number of quaternary nitrogens is 1. The molecule has 1 saturated heterocycles. The van der Waals surface area contributed by atoms with Crippen molar-refractivity contribution < 1.29 is 18.8 Å². The Labute approximate surface area is 306 Å². The molecular formula is C43H67N3O3P+. The van der Waals surface area contributed by atoms with Crippen LogP contribution in [0.25, 0.3) is 0 Å². The standard InChI is InChI=1S/C43H67N3O3P/c1-4-6-8-10-12-14-18-35(19-15-13-11-9-7-5-2)43(48)49-33-46(30-17-22-41(47)34-23-25-36(50)26-24-34)31-27-39-38(32-46)37-20-16-21-40-42(37)45(39)29-28-44(40)3/h16,20-21,23-26,35,38-39H,4-15,17-19,22,27-33,50H2,1-3H3/q+1/t38-,39-,46?/m0/s1. The number of esters is 1. The zero-order valence-electron chi connectivity index (χ0n) is 31.7. The van der Waals surface area contributed by atoms with Gasteiger partial charge < -0.3 is 14.5 Å². The average Bonchev–Trinajstić information content (AvgIpc) is 3.44. The molecule has 0 aromatic heterocycles. The van der Waals surface area contributed by atoms with Crippen LogP contribution in [0, 0.1) is 5.92 Å². The maximum absolute atomic E-state index is 14.0. The Bertz CT molecular complexity index is 1350. The highest BCUT2D eigenvalue weighted by molar-refractivity contribution is 7.27. The fourth-order valence-electron chi connectivity index (χ4n) is 9.02. The molecule has 276 valence electrons. The van der Waals surface area contributed by atoms with Gasteiger partial charge in [-0.3, -0.25) is 14.1 Å². The Morgan fingerprint density at radius 2 is 1.52 bits per heavy atom. The van der Waals surface area contributed by atoms with Crippen molar-refractivity contribution in [3.05, 3.63) is 53.6 Å². The number of benzene rings is 2. The molecule has 1 fully saturated rings. The molecule has 7 heteroatoms. The van der Waals surface area contributed by atoms with E-state index in [0.29, 0.717) is 25.1 Å². The van der Waals surface area contributed by atoms with Gasteiger partial charge in [0.05, 0.1) is 42.8 Å². The van der Waals surface area contributed by atoms with Crippen LogP contribution in [0.4, 0.5) is 11.4 Å². The molecule has 6 nitrogen and oxygen atoms in total. The number of carbonyl (C=O) groups excluding carboxylic acids is 2. The van der Waals surface area contributed by atoms with Gasteiger partial charge in [-0.1, -0.05) is 127 Å². The molecule has 0 spiro atoms. The van der Waals surface area contributed by atoms with Crippen LogP contribution in [0.5, 0.6) is 0 Å². The minimum absolute atomic E-state index is 0.00104. The monoisotopic (exact) mass is 704 g/mol. The smallest absolute Gasteiger partial charge is 0.313 e. The van der Waals surface area contributed by atoms with Gasteiger partial charge in [0.2, 0.25) is 6.73 Å². The number of carbonyl (C=O) groups is 2. The van der Waals surface area contributed by atoms with E-state index in [-0.39, 0.29) is 17.7 Å². The van der Waals surface area contributed by atoms with Crippen molar-refractivity contribution in [2.75, 3.05) is 56.3 Å². The number of ketones is 1. The maximum Gasteiger partial charge on any atom is 0.313 e. The van der Waals surface area contributed by atoms with Crippen molar-refractivity contribution in [1.82, 2.24) is 0 Å². The molecule has 0 radical (unpaired) electrons. The van der Waals surface area contributed by atoms with E-state index in [2.05, 4.69) is 58.1 Å². The number of hydrogen-bond donors (Lipinski definition) is 0. The predicted octanol–water partition coefficient (Wildman–Crippen LogP) is 9.41. The highest BCUT2D eigenvalue weighted by Gasteiger charge is 2.50. The van der Waals surface area contributed by atoms with Gasteiger partial charge >= 0.3 is 5.97 Å². The quantitative estimate of drug-likeness (QED) is 0.0402. The van der Waals surface area contributed by atoms with E-state index in [0.717, 1.165) is 86.6 Å². The highest BCUT2D eigenvalue weighted by Crippen LogP contribution is 2.51.